The maximum atomic E-state index is 12.9. The number of ketones is 1. The van der Waals surface area contributed by atoms with Gasteiger partial charge in [-0.1, -0.05) is 6.07 Å². The van der Waals surface area contributed by atoms with Crippen molar-refractivity contribution in [2.24, 2.45) is 0 Å². The third kappa shape index (κ3) is 3.79. The molecule has 1 atom stereocenters. The summed E-state index contributed by atoms with van der Waals surface area (Å²) >= 11 is 0. The summed E-state index contributed by atoms with van der Waals surface area (Å²) in [5, 5.41) is 0. The minimum atomic E-state index is 0.0736. The zero-order valence-corrected chi connectivity index (χ0v) is 17.6. The molecule has 154 valence electrons. The molecule has 0 spiro atoms. The number of rotatable bonds is 4. The Morgan fingerprint density at radius 1 is 1.00 bits per heavy atom. The highest BCUT2D eigenvalue weighted by Gasteiger charge is 2.31. The van der Waals surface area contributed by atoms with Gasteiger partial charge in [0.1, 0.15) is 0 Å². The number of aryl methyl sites for hydroxylation is 1. The van der Waals surface area contributed by atoms with Gasteiger partial charge in [0, 0.05) is 32.6 Å². The van der Waals surface area contributed by atoms with Crippen LogP contribution in [0.2, 0.25) is 0 Å². The Labute approximate surface area is 171 Å². The lowest BCUT2D eigenvalue weighted by Gasteiger charge is -2.33. The molecule has 2 aliphatic rings. The molecule has 1 aromatic heterocycles. The van der Waals surface area contributed by atoms with Crippen LogP contribution in [0.3, 0.4) is 0 Å². The fraction of sp³-hybridized carbons (Fsp3) is 0.500. The van der Waals surface area contributed by atoms with Crippen LogP contribution in [-0.2, 0) is 6.42 Å². The Kier molecular flexibility index (Phi) is 5.41. The molecule has 2 aromatic rings. The van der Waals surface area contributed by atoms with Crippen LogP contribution in [0.15, 0.2) is 18.2 Å². The van der Waals surface area contributed by atoms with Crippen molar-refractivity contribution >= 4 is 11.7 Å². The van der Waals surface area contributed by atoms with E-state index in [1.54, 1.807) is 14.2 Å². The number of methoxy groups -OCH3 is 2. The highest BCUT2D eigenvalue weighted by Crippen LogP contribution is 2.37. The molecule has 1 aliphatic carbocycles. The first-order valence-electron chi connectivity index (χ1n) is 10.1. The lowest BCUT2D eigenvalue weighted by atomic mass is 9.81. The zero-order chi connectivity index (χ0) is 20.5. The highest BCUT2D eigenvalue weighted by atomic mass is 16.5. The Bertz CT molecular complexity index is 923. The standard InChI is InChI=1S/C22H28N4O3/c1-14-21-17(24-22(23-14)26-9-7-25(2)8-10-26)11-16(12-18(21)27)15-5-6-19(28-3)20(13-15)29-4/h5-6,13,16H,7-12H2,1-4H3/t16-/m1/s1. The molecule has 1 aromatic carbocycles. The van der Waals surface area contributed by atoms with Crippen LogP contribution in [0.1, 0.15) is 39.6 Å². The average Bonchev–Trinajstić information content (AvgIpc) is 2.73. The summed E-state index contributed by atoms with van der Waals surface area (Å²) in [5.41, 5.74) is 3.43. The van der Waals surface area contributed by atoms with Gasteiger partial charge in [-0.15, -0.1) is 0 Å². The number of likely N-dealkylation sites (N-methyl/N-ethyl adjacent to an activating group) is 1. The van der Waals surface area contributed by atoms with E-state index in [-0.39, 0.29) is 11.7 Å². The number of anilines is 1. The first kappa shape index (κ1) is 19.6. The number of ether oxygens (including phenoxy) is 2. The predicted octanol–water partition coefficient (Wildman–Crippen LogP) is 2.47. The molecular formula is C22H28N4O3. The van der Waals surface area contributed by atoms with Crippen LogP contribution in [0.4, 0.5) is 5.95 Å². The maximum absolute atomic E-state index is 12.9. The normalized spacial score (nSPS) is 19.8. The first-order valence-corrected chi connectivity index (χ1v) is 10.1. The molecule has 0 unspecified atom stereocenters. The van der Waals surface area contributed by atoms with Crippen LogP contribution in [0, 0.1) is 6.92 Å². The number of carbonyl (C=O) groups excluding carboxylic acids is 1. The third-order valence-electron chi connectivity index (χ3n) is 5.97. The Hall–Kier alpha value is -2.67. The van der Waals surface area contributed by atoms with Gasteiger partial charge in [-0.05, 0) is 44.0 Å². The van der Waals surface area contributed by atoms with Gasteiger partial charge in [0.15, 0.2) is 17.3 Å². The number of piperazine rings is 1. The monoisotopic (exact) mass is 396 g/mol. The number of hydrogen-bond acceptors (Lipinski definition) is 7. The number of Topliss-reactive ketones (excluding diaryl/α,β-unsaturated/α-hetero) is 1. The largest absolute Gasteiger partial charge is 0.493 e. The number of aromatic nitrogens is 2. The minimum Gasteiger partial charge on any atom is -0.493 e. The van der Waals surface area contributed by atoms with Gasteiger partial charge in [0.2, 0.25) is 5.95 Å². The summed E-state index contributed by atoms with van der Waals surface area (Å²) in [6.07, 6.45) is 1.18. The summed E-state index contributed by atoms with van der Waals surface area (Å²) < 4.78 is 10.8. The van der Waals surface area contributed by atoms with Gasteiger partial charge in [-0.25, -0.2) is 9.97 Å². The van der Waals surface area contributed by atoms with Crippen molar-refractivity contribution in [1.82, 2.24) is 14.9 Å². The summed E-state index contributed by atoms with van der Waals surface area (Å²) in [4.78, 5) is 27.0. The number of carbonyl (C=O) groups is 1. The van der Waals surface area contributed by atoms with E-state index in [4.69, 9.17) is 14.5 Å². The Morgan fingerprint density at radius 2 is 1.72 bits per heavy atom. The Balaban J connectivity index is 1.65. The summed E-state index contributed by atoms with van der Waals surface area (Å²) in [7, 11) is 5.38. The molecule has 0 saturated carbocycles. The molecular weight excluding hydrogens is 368 g/mol. The van der Waals surface area contributed by atoms with Crippen LogP contribution in [0.25, 0.3) is 0 Å². The van der Waals surface area contributed by atoms with Crippen molar-refractivity contribution in [3.63, 3.8) is 0 Å². The van der Waals surface area contributed by atoms with Crippen LogP contribution in [-0.4, -0.2) is 68.1 Å². The number of hydrogen-bond donors (Lipinski definition) is 0. The summed E-state index contributed by atoms with van der Waals surface area (Å²) in [6, 6.07) is 5.88. The molecule has 29 heavy (non-hydrogen) atoms. The molecule has 0 N–H and O–H groups in total. The summed E-state index contributed by atoms with van der Waals surface area (Å²) in [5.74, 6) is 2.31. The summed E-state index contributed by atoms with van der Waals surface area (Å²) in [6.45, 7) is 5.72. The molecule has 0 amide bonds. The minimum absolute atomic E-state index is 0.0736. The molecule has 1 fully saturated rings. The van der Waals surface area contributed by atoms with E-state index < -0.39 is 0 Å². The molecule has 1 aliphatic heterocycles. The molecule has 7 heteroatoms. The van der Waals surface area contributed by atoms with Gasteiger partial charge in [0.05, 0.1) is 31.2 Å². The quantitative estimate of drug-likeness (QED) is 0.786. The van der Waals surface area contributed by atoms with Crippen LogP contribution >= 0.6 is 0 Å². The second-order valence-electron chi connectivity index (χ2n) is 7.86. The van der Waals surface area contributed by atoms with Crippen molar-refractivity contribution in [1.29, 1.82) is 0 Å². The SMILES string of the molecule is COc1ccc([C@H]2CC(=O)c3c(C)nc(N4CCN(C)CC4)nc3C2)cc1OC. The van der Waals surface area contributed by atoms with Crippen molar-refractivity contribution in [3.05, 3.63) is 40.7 Å². The topological polar surface area (TPSA) is 67.8 Å². The van der Waals surface area contributed by atoms with E-state index in [2.05, 4.69) is 21.8 Å². The van der Waals surface area contributed by atoms with Gasteiger partial charge in [0.25, 0.3) is 0 Å². The second kappa shape index (κ2) is 7.99. The number of nitrogens with zero attached hydrogens (tertiary/aromatic N) is 4. The fourth-order valence-corrected chi connectivity index (χ4v) is 4.25. The van der Waals surface area contributed by atoms with Gasteiger partial charge < -0.3 is 19.3 Å². The fourth-order valence-electron chi connectivity index (χ4n) is 4.25. The predicted molar refractivity (Wildman–Crippen MR) is 111 cm³/mol. The van der Waals surface area contributed by atoms with Gasteiger partial charge in [-0.3, -0.25) is 4.79 Å². The lowest BCUT2D eigenvalue weighted by Crippen LogP contribution is -2.45. The van der Waals surface area contributed by atoms with E-state index in [1.807, 2.05) is 25.1 Å². The van der Waals surface area contributed by atoms with E-state index in [0.717, 1.165) is 55.5 Å². The zero-order valence-electron chi connectivity index (χ0n) is 17.6. The smallest absolute Gasteiger partial charge is 0.225 e. The van der Waals surface area contributed by atoms with Crippen LogP contribution in [0.5, 0.6) is 11.5 Å². The lowest BCUT2D eigenvalue weighted by molar-refractivity contribution is 0.0962. The highest BCUT2D eigenvalue weighted by molar-refractivity contribution is 5.99. The molecule has 2 heterocycles. The molecule has 4 rings (SSSR count). The van der Waals surface area contributed by atoms with E-state index in [1.165, 1.54) is 0 Å². The first-order chi connectivity index (χ1) is 14.0. The van der Waals surface area contributed by atoms with Gasteiger partial charge >= 0.3 is 0 Å². The average molecular weight is 396 g/mol. The van der Waals surface area contributed by atoms with Crippen molar-refractivity contribution in [2.45, 2.75) is 25.7 Å². The molecule has 1 saturated heterocycles. The molecule has 7 nitrogen and oxygen atoms in total. The Morgan fingerprint density at radius 3 is 2.41 bits per heavy atom. The number of benzene rings is 1. The van der Waals surface area contributed by atoms with Crippen molar-refractivity contribution < 1.29 is 14.3 Å². The van der Waals surface area contributed by atoms with Crippen molar-refractivity contribution in [2.75, 3.05) is 52.3 Å². The van der Waals surface area contributed by atoms with Crippen molar-refractivity contribution in [3.8, 4) is 11.5 Å². The second-order valence-corrected chi connectivity index (χ2v) is 7.86. The third-order valence-corrected chi connectivity index (χ3v) is 5.97. The number of fused-ring (bicyclic) bond motifs is 1. The molecule has 0 bridgehead atoms. The van der Waals surface area contributed by atoms with E-state index in [9.17, 15) is 4.79 Å². The maximum Gasteiger partial charge on any atom is 0.225 e. The van der Waals surface area contributed by atoms with E-state index in [0.29, 0.717) is 23.5 Å². The van der Waals surface area contributed by atoms with Gasteiger partial charge in [-0.2, -0.15) is 0 Å². The van der Waals surface area contributed by atoms with Crippen LogP contribution < -0.4 is 14.4 Å². The van der Waals surface area contributed by atoms with E-state index >= 15 is 0 Å². The molecule has 0 radical (unpaired) electrons.